The van der Waals surface area contributed by atoms with Crippen LogP contribution in [0.15, 0.2) is 54.6 Å². The molecule has 1 atom stereocenters. The topological polar surface area (TPSA) is 44.8 Å². The zero-order valence-corrected chi connectivity index (χ0v) is 16.3. The Morgan fingerprint density at radius 3 is 2.20 bits per heavy atom. The lowest BCUT2D eigenvalue weighted by Crippen LogP contribution is -2.11. The highest BCUT2D eigenvalue weighted by molar-refractivity contribution is 7.49. The number of hydrogen-bond donors (Lipinski definition) is 0. The van der Waals surface area contributed by atoms with Crippen LogP contribution in [0.4, 0.5) is 0 Å². The third kappa shape index (κ3) is 6.22. The van der Waals surface area contributed by atoms with Gasteiger partial charge in [-0.1, -0.05) is 64.4 Å². The number of rotatable bonds is 8. The maximum atomic E-state index is 13.1. The maximum Gasteiger partial charge on any atom is 0.587 e. The van der Waals surface area contributed by atoms with Crippen LogP contribution in [0.25, 0.3) is 0 Å². The zero-order valence-electron chi connectivity index (χ0n) is 15.4. The fourth-order valence-electron chi connectivity index (χ4n) is 2.15. The molecule has 0 aliphatic carbocycles. The number of para-hydroxylation sites is 1. The van der Waals surface area contributed by atoms with Crippen LogP contribution in [0.5, 0.6) is 11.5 Å². The number of phosphoric acid groups is 1. The quantitative estimate of drug-likeness (QED) is 0.404. The number of unbranched alkanes of at least 4 members (excludes halogenated alkanes) is 1. The lowest BCUT2D eigenvalue weighted by molar-refractivity contribution is 0.206. The summed E-state index contributed by atoms with van der Waals surface area (Å²) < 4.78 is 29.9. The molecule has 4 nitrogen and oxygen atoms in total. The molecule has 2 aromatic carbocycles. The van der Waals surface area contributed by atoms with Gasteiger partial charge in [-0.3, -0.25) is 4.52 Å². The molecule has 0 aliphatic rings. The molecule has 1 unspecified atom stereocenters. The number of phosphoric ester groups is 1. The van der Waals surface area contributed by atoms with Crippen molar-refractivity contribution in [1.29, 1.82) is 0 Å². The van der Waals surface area contributed by atoms with E-state index in [1.165, 1.54) is 0 Å². The molecule has 5 heteroatoms. The van der Waals surface area contributed by atoms with Crippen LogP contribution >= 0.6 is 7.82 Å². The van der Waals surface area contributed by atoms with Crippen molar-refractivity contribution in [3.63, 3.8) is 0 Å². The van der Waals surface area contributed by atoms with Gasteiger partial charge in [-0.2, -0.15) is 0 Å². The molecular weight excluding hydrogens is 335 g/mol. The minimum absolute atomic E-state index is 0.0350. The standard InChI is InChI=1S/C20H27O4P/c1-5-6-15-22-25(21,23-18-12-8-7-9-13-18)24-19-14-10-11-17(16-19)20(2,3)4/h7-14,16H,5-6,15H2,1-4H3. The molecule has 0 saturated heterocycles. The van der Waals surface area contributed by atoms with Crippen molar-refractivity contribution in [2.45, 2.75) is 46.0 Å². The van der Waals surface area contributed by atoms with Crippen molar-refractivity contribution in [3.8, 4) is 11.5 Å². The highest BCUT2D eigenvalue weighted by Crippen LogP contribution is 2.50. The van der Waals surface area contributed by atoms with Crippen LogP contribution in [0, 0.1) is 0 Å². The summed E-state index contributed by atoms with van der Waals surface area (Å²) in [4.78, 5) is 0. The Balaban J connectivity index is 2.22. The fraction of sp³-hybridized carbons (Fsp3) is 0.400. The molecule has 0 fully saturated rings. The summed E-state index contributed by atoms with van der Waals surface area (Å²) in [5.74, 6) is 0.928. The smallest absolute Gasteiger partial charge is 0.395 e. The van der Waals surface area contributed by atoms with E-state index >= 15 is 0 Å². The van der Waals surface area contributed by atoms with E-state index in [9.17, 15) is 4.57 Å². The SMILES string of the molecule is CCCCOP(=O)(Oc1ccccc1)Oc1cccc(C(C)(C)C)c1. The van der Waals surface area contributed by atoms with Gasteiger partial charge in [-0.25, -0.2) is 4.57 Å². The third-order valence-electron chi connectivity index (χ3n) is 3.62. The van der Waals surface area contributed by atoms with Crippen molar-refractivity contribution in [2.24, 2.45) is 0 Å². The molecule has 2 rings (SSSR count). The lowest BCUT2D eigenvalue weighted by atomic mass is 9.87. The molecule has 0 N–H and O–H groups in total. The van der Waals surface area contributed by atoms with Gasteiger partial charge in [0.25, 0.3) is 0 Å². The van der Waals surface area contributed by atoms with Gasteiger partial charge in [-0.15, -0.1) is 0 Å². The Morgan fingerprint density at radius 1 is 0.920 bits per heavy atom. The normalized spacial score (nSPS) is 13.9. The van der Waals surface area contributed by atoms with Crippen LogP contribution in [-0.4, -0.2) is 6.61 Å². The van der Waals surface area contributed by atoms with Crippen molar-refractivity contribution in [1.82, 2.24) is 0 Å². The second-order valence-electron chi connectivity index (χ2n) is 6.91. The van der Waals surface area contributed by atoms with Crippen molar-refractivity contribution >= 4 is 7.82 Å². The number of benzene rings is 2. The van der Waals surface area contributed by atoms with Crippen LogP contribution in [0.3, 0.4) is 0 Å². The molecule has 2 aromatic rings. The van der Waals surface area contributed by atoms with Gasteiger partial charge in [0.15, 0.2) is 0 Å². The molecule has 0 radical (unpaired) electrons. The zero-order chi connectivity index (χ0) is 18.3. The molecule has 0 aliphatic heterocycles. The van der Waals surface area contributed by atoms with Gasteiger partial charge in [0, 0.05) is 0 Å². The summed E-state index contributed by atoms with van der Waals surface area (Å²) in [6.07, 6.45) is 1.72. The van der Waals surface area contributed by atoms with Crippen LogP contribution in [-0.2, 0) is 14.5 Å². The van der Waals surface area contributed by atoms with Crippen LogP contribution in [0.2, 0.25) is 0 Å². The highest BCUT2D eigenvalue weighted by atomic mass is 31.2. The summed E-state index contributed by atoms with van der Waals surface area (Å²) >= 11 is 0. The van der Waals surface area contributed by atoms with E-state index in [0.29, 0.717) is 18.1 Å². The van der Waals surface area contributed by atoms with Gasteiger partial charge in [0.2, 0.25) is 0 Å². The second kappa shape index (κ2) is 8.55. The van der Waals surface area contributed by atoms with Crippen molar-refractivity contribution in [3.05, 3.63) is 60.2 Å². The first-order valence-corrected chi connectivity index (χ1v) is 10.1. The van der Waals surface area contributed by atoms with Gasteiger partial charge in [0.1, 0.15) is 11.5 Å². The molecule has 0 heterocycles. The Bertz CT molecular complexity index is 707. The summed E-state index contributed by atoms with van der Waals surface area (Å²) in [5, 5.41) is 0. The first kappa shape index (κ1) is 19.6. The molecule has 0 aromatic heterocycles. The van der Waals surface area contributed by atoms with Gasteiger partial charge in [0.05, 0.1) is 6.61 Å². The Kier molecular flexibility index (Phi) is 6.69. The third-order valence-corrected chi connectivity index (χ3v) is 4.99. The minimum atomic E-state index is -3.76. The molecule has 0 spiro atoms. The monoisotopic (exact) mass is 362 g/mol. The van der Waals surface area contributed by atoms with Gasteiger partial charge < -0.3 is 9.05 Å². The predicted molar refractivity (Wildman–Crippen MR) is 101 cm³/mol. The average molecular weight is 362 g/mol. The van der Waals surface area contributed by atoms with Crippen LogP contribution < -0.4 is 9.05 Å². The Morgan fingerprint density at radius 2 is 1.56 bits per heavy atom. The summed E-state index contributed by atoms with van der Waals surface area (Å²) in [6, 6.07) is 16.5. The summed E-state index contributed by atoms with van der Waals surface area (Å²) in [5.41, 5.74) is 1.05. The average Bonchev–Trinajstić information content (AvgIpc) is 2.55. The van der Waals surface area contributed by atoms with Crippen LogP contribution in [0.1, 0.15) is 46.1 Å². The van der Waals surface area contributed by atoms with Gasteiger partial charge >= 0.3 is 7.82 Å². The van der Waals surface area contributed by atoms with E-state index in [1.807, 2.05) is 43.3 Å². The summed E-state index contributed by atoms with van der Waals surface area (Å²) in [7, 11) is -3.76. The molecule has 0 bridgehead atoms. The van der Waals surface area contributed by atoms with E-state index < -0.39 is 7.82 Å². The fourth-order valence-corrected chi connectivity index (χ4v) is 3.40. The summed E-state index contributed by atoms with van der Waals surface area (Å²) in [6.45, 7) is 8.71. The van der Waals surface area contributed by atoms with Crippen molar-refractivity contribution in [2.75, 3.05) is 6.61 Å². The van der Waals surface area contributed by atoms with Crippen molar-refractivity contribution < 1.29 is 18.1 Å². The first-order chi connectivity index (χ1) is 11.8. The highest BCUT2D eigenvalue weighted by Gasteiger charge is 2.31. The van der Waals surface area contributed by atoms with E-state index in [1.54, 1.807) is 18.2 Å². The Labute approximate surface area is 150 Å². The predicted octanol–water partition coefficient (Wildman–Crippen LogP) is 6.37. The molecule has 0 saturated carbocycles. The lowest BCUT2D eigenvalue weighted by Gasteiger charge is -2.22. The van der Waals surface area contributed by atoms with Gasteiger partial charge in [-0.05, 0) is 41.7 Å². The molecule has 0 amide bonds. The molecule has 25 heavy (non-hydrogen) atoms. The molecule has 136 valence electrons. The minimum Gasteiger partial charge on any atom is -0.395 e. The maximum absolute atomic E-state index is 13.1. The number of hydrogen-bond acceptors (Lipinski definition) is 4. The van der Waals surface area contributed by atoms with E-state index in [4.69, 9.17) is 13.6 Å². The molecular formula is C20H27O4P. The van der Waals surface area contributed by atoms with E-state index in [0.717, 1.165) is 18.4 Å². The van der Waals surface area contributed by atoms with E-state index in [2.05, 4.69) is 20.8 Å². The van der Waals surface area contributed by atoms with E-state index in [-0.39, 0.29) is 5.41 Å². The first-order valence-electron chi connectivity index (χ1n) is 8.62. The largest absolute Gasteiger partial charge is 0.587 e. The second-order valence-corrected chi connectivity index (χ2v) is 8.43. The Hall–Kier alpha value is -1.77.